The number of ether oxygens (including phenoxy) is 1. The summed E-state index contributed by atoms with van der Waals surface area (Å²) < 4.78 is 5.35. The maximum Gasteiger partial charge on any atom is 0.248 e. The third-order valence-corrected chi connectivity index (χ3v) is 4.33. The average molecular weight is 318 g/mol. The van der Waals surface area contributed by atoms with Gasteiger partial charge in [0.15, 0.2) is 11.7 Å². The zero-order valence-electron chi connectivity index (χ0n) is 12.4. The van der Waals surface area contributed by atoms with Gasteiger partial charge in [-0.25, -0.2) is 0 Å². The molecule has 0 aromatic heterocycles. The third kappa shape index (κ3) is 3.80. The molecule has 1 aliphatic rings. The van der Waals surface area contributed by atoms with Gasteiger partial charge in [-0.05, 0) is 19.1 Å². The summed E-state index contributed by atoms with van der Waals surface area (Å²) >= 11 is 1.77. The highest BCUT2D eigenvalue weighted by molar-refractivity contribution is 7.99. The normalized spacial score (nSPS) is 15.7. The first-order valence-corrected chi connectivity index (χ1v) is 8.36. The number of benzene rings is 1. The smallest absolute Gasteiger partial charge is 0.248 e. The van der Waals surface area contributed by atoms with E-state index in [4.69, 9.17) is 4.74 Å². The van der Waals surface area contributed by atoms with Gasteiger partial charge >= 0.3 is 0 Å². The van der Waals surface area contributed by atoms with Crippen LogP contribution in [0.4, 0.5) is 0 Å². The van der Waals surface area contributed by atoms with E-state index in [1.54, 1.807) is 40.9 Å². The molecule has 1 fully saturated rings. The van der Waals surface area contributed by atoms with Gasteiger partial charge in [-0.2, -0.15) is 17.0 Å². The molecule has 0 aliphatic carbocycles. The minimum Gasteiger partial charge on any atom is -0.494 e. The van der Waals surface area contributed by atoms with Gasteiger partial charge in [-0.1, -0.05) is 12.1 Å². The SMILES string of the molecule is CCOc1cccc(C(=O)[C@H](C#N)C(=O)N2CCSCC2)c1. The second-order valence-electron chi connectivity index (χ2n) is 4.82. The Hall–Kier alpha value is -2.00. The van der Waals surface area contributed by atoms with Gasteiger partial charge in [0.25, 0.3) is 0 Å². The van der Waals surface area contributed by atoms with Crippen molar-refractivity contribution in [2.75, 3.05) is 31.2 Å². The number of hydrogen-bond donors (Lipinski definition) is 0. The molecule has 1 atom stereocenters. The zero-order chi connectivity index (χ0) is 15.9. The summed E-state index contributed by atoms with van der Waals surface area (Å²) in [5.74, 6) is 0.115. The van der Waals surface area contributed by atoms with Crippen molar-refractivity contribution in [3.63, 3.8) is 0 Å². The first-order chi connectivity index (χ1) is 10.7. The highest BCUT2D eigenvalue weighted by Crippen LogP contribution is 2.19. The van der Waals surface area contributed by atoms with Crippen LogP contribution in [0.15, 0.2) is 24.3 Å². The number of ketones is 1. The van der Waals surface area contributed by atoms with Crippen molar-refractivity contribution < 1.29 is 14.3 Å². The van der Waals surface area contributed by atoms with Gasteiger partial charge in [-0.3, -0.25) is 9.59 Å². The van der Waals surface area contributed by atoms with Crippen LogP contribution in [0, 0.1) is 17.2 Å². The minimum atomic E-state index is -1.28. The van der Waals surface area contributed by atoms with Crippen molar-refractivity contribution in [2.24, 2.45) is 5.92 Å². The molecule has 1 amide bonds. The van der Waals surface area contributed by atoms with E-state index in [1.807, 2.05) is 13.0 Å². The van der Waals surface area contributed by atoms with E-state index in [9.17, 15) is 14.9 Å². The van der Waals surface area contributed by atoms with Crippen molar-refractivity contribution in [1.29, 1.82) is 5.26 Å². The summed E-state index contributed by atoms with van der Waals surface area (Å²) in [6.45, 7) is 3.52. The van der Waals surface area contributed by atoms with Gasteiger partial charge in [0, 0.05) is 30.2 Å². The molecule has 0 bridgehead atoms. The average Bonchev–Trinajstić information content (AvgIpc) is 2.56. The molecule has 1 saturated heterocycles. The molecule has 1 heterocycles. The van der Waals surface area contributed by atoms with Crippen LogP contribution in [0.25, 0.3) is 0 Å². The topological polar surface area (TPSA) is 70.4 Å². The van der Waals surface area contributed by atoms with Crippen molar-refractivity contribution in [1.82, 2.24) is 4.90 Å². The monoisotopic (exact) mass is 318 g/mol. The summed E-state index contributed by atoms with van der Waals surface area (Å²) in [5, 5.41) is 9.28. The quantitative estimate of drug-likeness (QED) is 0.613. The van der Waals surface area contributed by atoms with Crippen molar-refractivity contribution in [2.45, 2.75) is 6.92 Å². The molecule has 1 aromatic rings. The fraction of sp³-hybridized carbons (Fsp3) is 0.438. The van der Waals surface area contributed by atoms with E-state index in [1.165, 1.54) is 0 Å². The lowest BCUT2D eigenvalue weighted by atomic mass is 9.97. The molecule has 6 heteroatoms. The Morgan fingerprint density at radius 2 is 2.14 bits per heavy atom. The number of rotatable bonds is 5. The molecule has 22 heavy (non-hydrogen) atoms. The molecule has 5 nitrogen and oxygen atoms in total. The lowest BCUT2D eigenvalue weighted by Gasteiger charge is -2.27. The summed E-state index contributed by atoms with van der Waals surface area (Å²) in [4.78, 5) is 26.5. The Bertz CT molecular complexity index is 591. The highest BCUT2D eigenvalue weighted by atomic mass is 32.2. The number of nitriles is 1. The molecule has 0 saturated carbocycles. The van der Waals surface area contributed by atoms with Crippen LogP contribution in [-0.2, 0) is 4.79 Å². The molecule has 0 unspecified atom stereocenters. The number of Topliss-reactive ketones (excluding diaryl/α,β-unsaturated/α-hetero) is 1. The van der Waals surface area contributed by atoms with Crippen LogP contribution in [0.5, 0.6) is 5.75 Å². The molecule has 0 N–H and O–H groups in total. The molecular formula is C16H18N2O3S. The van der Waals surface area contributed by atoms with Crippen LogP contribution in [0.2, 0.25) is 0 Å². The highest BCUT2D eigenvalue weighted by Gasteiger charge is 2.32. The Kier molecular flexibility index (Phi) is 5.84. The summed E-state index contributed by atoms with van der Waals surface area (Å²) in [6.07, 6.45) is 0. The van der Waals surface area contributed by atoms with Gasteiger partial charge in [-0.15, -0.1) is 0 Å². The molecule has 0 spiro atoms. The molecule has 1 aliphatic heterocycles. The lowest BCUT2D eigenvalue weighted by molar-refractivity contribution is -0.132. The van der Waals surface area contributed by atoms with Crippen molar-refractivity contribution in [3.8, 4) is 11.8 Å². The molecule has 116 valence electrons. The Morgan fingerprint density at radius 1 is 1.41 bits per heavy atom. The fourth-order valence-electron chi connectivity index (χ4n) is 2.26. The molecular weight excluding hydrogens is 300 g/mol. The number of carbonyl (C=O) groups is 2. The van der Waals surface area contributed by atoms with Crippen LogP contribution in [0.3, 0.4) is 0 Å². The second kappa shape index (κ2) is 7.85. The van der Waals surface area contributed by atoms with Crippen LogP contribution < -0.4 is 4.74 Å². The number of thioether (sulfide) groups is 1. The van der Waals surface area contributed by atoms with E-state index in [-0.39, 0.29) is 0 Å². The number of amides is 1. The number of nitrogens with zero attached hydrogens (tertiary/aromatic N) is 2. The molecule has 2 rings (SSSR count). The number of hydrogen-bond acceptors (Lipinski definition) is 5. The van der Waals surface area contributed by atoms with Crippen molar-refractivity contribution >= 4 is 23.5 Å². The van der Waals surface area contributed by atoms with Crippen LogP contribution >= 0.6 is 11.8 Å². The van der Waals surface area contributed by atoms with E-state index >= 15 is 0 Å². The van der Waals surface area contributed by atoms with Gasteiger partial charge in [0.05, 0.1) is 12.7 Å². The molecule has 0 radical (unpaired) electrons. The van der Waals surface area contributed by atoms with Gasteiger partial charge < -0.3 is 9.64 Å². The Morgan fingerprint density at radius 3 is 2.77 bits per heavy atom. The summed E-state index contributed by atoms with van der Waals surface area (Å²) in [5.41, 5.74) is 0.331. The van der Waals surface area contributed by atoms with E-state index in [0.717, 1.165) is 11.5 Å². The maximum atomic E-state index is 12.5. The van der Waals surface area contributed by atoms with Crippen molar-refractivity contribution in [3.05, 3.63) is 29.8 Å². The molecule has 1 aromatic carbocycles. The van der Waals surface area contributed by atoms with E-state index in [0.29, 0.717) is 31.0 Å². The standard InChI is InChI=1S/C16H18N2O3S/c1-2-21-13-5-3-4-12(10-13)15(19)14(11-17)16(20)18-6-8-22-9-7-18/h3-5,10,14H,2,6-9H2,1H3/t14-/m0/s1. The number of carbonyl (C=O) groups excluding carboxylic acids is 2. The summed E-state index contributed by atoms with van der Waals surface area (Å²) in [7, 11) is 0. The van der Waals surface area contributed by atoms with Gasteiger partial charge in [0.1, 0.15) is 5.75 Å². The second-order valence-corrected chi connectivity index (χ2v) is 6.05. The lowest BCUT2D eigenvalue weighted by Crippen LogP contribution is -2.43. The first-order valence-electron chi connectivity index (χ1n) is 7.20. The largest absolute Gasteiger partial charge is 0.494 e. The summed E-state index contributed by atoms with van der Waals surface area (Å²) in [6, 6.07) is 8.48. The minimum absolute atomic E-state index is 0.331. The third-order valence-electron chi connectivity index (χ3n) is 3.39. The van der Waals surface area contributed by atoms with Gasteiger partial charge in [0.2, 0.25) is 5.91 Å². The Labute approximate surface area is 134 Å². The van der Waals surface area contributed by atoms with E-state index < -0.39 is 17.6 Å². The van der Waals surface area contributed by atoms with Crippen LogP contribution in [-0.4, -0.2) is 47.8 Å². The predicted molar refractivity (Wildman–Crippen MR) is 84.9 cm³/mol. The predicted octanol–water partition coefficient (Wildman–Crippen LogP) is 1.98. The maximum absolute atomic E-state index is 12.5. The fourth-order valence-corrected chi connectivity index (χ4v) is 3.17. The van der Waals surface area contributed by atoms with Crippen LogP contribution in [0.1, 0.15) is 17.3 Å². The van der Waals surface area contributed by atoms with E-state index in [2.05, 4.69) is 0 Å². The zero-order valence-corrected chi connectivity index (χ0v) is 13.3. The Balaban J connectivity index is 2.16. The first kappa shape index (κ1) is 16.4.